The first-order valence-electron chi connectivity index (χ1n) is 12.7. The SMILES string of the molecule is CN(C(=O)C#Cc1ccco1)[C@H]1CC[C@@]2(O)[C@H]3Cc4ccc(O)c5c4[C@@]2(CCN3CC2CC2)[C@H]1O5. The van der Waals surface area contributed by atoms with Crippen molar-refractivity contribution in [2.75, 3.05) is 20.1 Å². The maximum absolute atomic E-state index is 13.1. The fourth-order valence-corrected chi connectivity index (χ4v) is 7.56. The lowest BCUT2D eigenvalue weighted by Crippen LogP contribution is -2.78. The predicted octanol–water partition coefficient (Wildman–Crippen LogP) is 2.43. The normalized spacial score (nSPS) is 34.4. The first kappa shape index (κ1) is 21.3. The zero-order chi connectivity index (χ0) is 23.9. The Balaban J connectivity index is 1.29. The lowest BCUT2D eigenvalue weighted by molar-refractivity contribution is -0.199. The van der Waals surface area contributed by atoms with E-state index in [2.05, 4.69) is 16.7 Å². The topological polar surface area (TPSA) is 86.4 Å². The number of hydrogen-bond donors (Lipinski definition) is 2. The average molecular weight is 475 g/mol. The van der Waals surface area contributed by atoms with Gasteiger partial charge in [-0.3, -0.25) is 9.69 Å². The number of aliphatic hydroxyl groups is 1. The summed E-state index contributed by atoms with van der Waals surface area (Å²) >= 11 is 0. The van der Waals surface area contributed by atoms with E-state index in [1.807, 2.05) is 6.07 Å². The summed E-state index contributed by atoms with van der Waals surface area (Å²) < 4.78 is 11.8. The number of phenols is 1. The van der Waals surface area contributed by atoms with Gasteiger partial charge in [0, 0.05) is 31.1 Å². The number of hydrogen-bond acceptors (Lipinski definition) is 6. The van der Waals surface area contributed by atoms with Gasteiger partial charge in [-0.15, -0.1) is 0 Å². The van der Waals surface area contributed by atoms with Gasteiger partial charge in [-0.25, -0.2) is 0 Å². The molecule has 2 bridgehead atoms. The summed E-state index contributed by atoms with van der Waals surface area (Å²) in [6.45, 7) is 1.93. The van der Waals surface area contributed by atoms with Gasteiger partial charge >= 0.3 is 0 Å². The summed E-state index contributed by atoms with van der Waals surface area (Å²) in [6.07, 6.45) is 6.36. The second-order valence-electron chi connectivity index (χ2n) is 11.0. The van der Waals surface area contributed by atoms with Crippen LogP contribution < -0.4 is 4.74 Å². The van der Waals surface area contributed by atoms with Crippen LogP contribution in [-0.4, -0.2) is 69.8 Å². The Morgan fingerprint density at radius 3 is 2.89 bits per heavy atom. The number of likely N-dealkylation sites (N-methyl/N-ethyl adjacent to an activating group) is 1. The molecule has 7 nitrogen and oxygen atoms in total. The molecule has 5 aliphatic rings. The summed E-state index contributed by atoms with van der Waals surface area (Å²) in [4.78, 5) is 17.3. The molecule has 1 spiro atoms. The number of benzene rings is 1. The lowest BCUT2D eigenvalue weighted by Gasteiger charge is -2.64. The van der Waals surface area contributed by atoms with Crippen LogP contribution in [0.15, 0.2) is 34.9 Å². The van der Waals surface area contributed by atoms with Gasteiger partial charge in [-0.05, 0) is 80.7 Å². The molecule has 2 aromatic rings. The zero-order valence-corrected chi connectivity index (χ0v) is 19.9. The Labute approximate surface area is 204 Å². The van der Waals surface area contributed by atoms with Crippen LogP contribution in [0, 0.1) is 17.8 Å². The molecule has 3 aliphatic carbocycles. The number of ether oxygens (including phenoxy) is 1. The number of nitrogens with zero attached hydrogens (tertiary/aromatic N) is 2. The van der Waals surface area contributed by atoms with Crippen molar-refractivity contribution in [1.29, 1.82) is 0 Å². The van der Waals surface area contributed by atoms with Crippen molar-refractivity contribution < 1.29 is 24.2 Å². The van der Waals surface area contributed by atoms with Crippen LogP contribution in [0.25, 0.3) is 0 Å². The highest BCUT2D eigenvalue weighted by molar-refractivity contribution is 5.94. The van der Waals surface area contributed by atoms with Crippen LogP contribution >= 0.6 is 0 Å². The van der Waals surface area contributed by atoms with E-state index in [1.165, 1.54) is 19.1 Å². The van der Waals surface area contributed by atoms with Gasteiger partial charge in [0.1, 0.15) is 6.10 Å². The third kappa shape index (κ3) is 2.84. The van der Waals surface area contributed by atoms with Crippen molar-refractivity contribution in [3.8, 4) is 23.3 Å². The van der Waals surface area contributed by atoms with Gasteiger partial charge < -0.3 is 24.3 Å². The Morgan fingerprint density at radius 1 is 1.26 bits per heavy atom. The van der Waals surface area contributed by atoms with Crippen molar-refractivity contribution in [2.24, 2.45) is 5.92 Å². The minimum absolute atomic E-state index is 0.0200. The predicted molar refractivity (Wildman–Crippen MR) is 127 cm³/mol. The average Bonchev–Trinajstić information content (AvgIpc) is 3.36. The molecule has 1 aromatic carbocycles. The van der Waals surface area contributed by atoms with Crippen LogP contribution in [0.4, 0.5) is 0 Å². The summed E-state index contributed by atoms with van der Waals surface area (Å²) in [5.41, 5.74) is 0.518. The van der Waals surface area contributed by atoms with Gasteiger partial charge in [0.15, 0.2) is 17.3 Å². The molecular formula is C28H30N2O5. The maximum atomic E-state index is 13.1. The number of furan rings is 1. The molecule has 1 amide bonds. The van der Waals surface area contributed by atoms with Crippen molar-refractivity contribution in [3.63, 3.8) is 0 Å². The first-order valence-corrected chi connectivity index (χ1v) is 12.7. The molecule has 182 valence electrons. The van der Waals surface area contributed by atoms with Crippen LogP contribution in [0.3, 0.4) is 0 Å². The number of phenolic OH excluding ortho intramolecular Hbond substituents is 1. The minimum Gasteiger partial charge on any atom is -0.504 e. The molecule has 1 saturated heterocycles. The van der Waals surface area contributed by atoms with E-state index < -0.39 is 17.1 Å². The maximum Gasteiger partial charge on any atom is 0.299 e. The van der Waals surface area contributed by atoms with E-state index in [4.69, 9.17) is 9.15 Å². The van der Waals surface area contributed by atoms with Gasteiger partial charge in [-0.1, -0.05) is 6.07 Å². The largest absolute Gasteiger partial charge is 0.504 e. The molecular weight excluding hydrogens is 444 g/mol. The van der Waals surface area contributed by atoms with Crippen molar-refractivity contribution in [1.82, 2.24) is 9.80 Å². The number of likely N-dealkylation sites (tertiary alicyclic amines) is 1. The molecule has 2 aliphatic heterocycles. The third-order valence-electron chi connectivity index (χ3n) is 9.36. The zero-order valence-electron chi connectivity index (χ0n) is 19.9. The Bertz CT molecular complexity index is 1260. The number of piperidine rings is 1. The first-order chi connectivity index (χ1) is 16.9. The molecule has 7 rings (SSSR count). The molecule has 7 heteroatoms. The molecule has 3 fully saturated rings. The quantitative estimate of drug-likeness (QED) is 0.665. The number of carbonyl (C=O) groups excluding carboxylic acids is 1. The smallest absolute Gasteiger partial charge is 0.299 e. The highest BCUT2D eigenvalue weighted by atomic mass is 16.5. The van der Waals surface area contributed by atoms with E-state index >= 15 is 0 Å². The fraction of sp³-hybridized carbons (Fsp3) is 0.536. The Hall–Kier alpha value is -2.95. The second-order valence-corrected chi connectivity index (χ2v) is 11.0. The Kier molecular flexibility index (Phi) is 4.44. The number of carbonyl (C=O) groups is 1. The van der Waals surface area contributed by atoms with Crippen LogP contribution in [0.5, 0.6) is 11.5 Å². The standard InChI is InChI=1S/C28H30N2O5/c1-29(23(32)9-7-19-3-2-14-34-19)20-10-11-28(33)22-15-18-6-8-21(31)25-24(18)27(28,26(20)35-25)12-13-30(22)16-17-4-5-17/h2-3,6,8,14,17,20,22,26,31,33H,4-5,10-13,15-16H2,1H3/t20-,22+,26-,27-,28+/m0/s1. The molecule has 35 heavy (non-hydrogen) atoms. The molecule has 5 atom stereocenters. The number of aromatic hydroxyl groups is 1. The number of amides is 1. The van der Waals surface area contributed by atoms with E-state index in [0.717, 1.165) is 43.0 Å². The summed E-state index contributed by atoms with van der Waals surface area (Å²) in [7, 11) is 1.76. The molecule has 2 N–H and O–H groups in total. The lowest BCUT2D eigenvalue weighted by atomic mass is 9.48. The van der Waals surface area contributed by atoms with Gasteiger partial charge in [-0.2, -0.15) is 0 Å². The fourth-order valence-electron chi connectivity index (χ4n) is 7.56. The highest BCUT2D eigenvalue weighted by Gasteiger charge is 2.73. The molecule has 1 aromatic heterocycles. The summed E-state index contributed by atoms with van der Waals surface area (Å²) in [5, 5.41) is 23.3. The minimum atomic E-state index is -0.961. The van der Waals surface area contributed by atoms with Crippen molar-refractivity contribution in [3.05, 3.63) is 47.4 Å². The third-order valence-corrected chi connectivity index (χ3v) is 9.36. The van der Waals surface area contributed by atoms with E-state index in [-0.39, 0.29) is 23.7 Å². The van der Waals surface area contributed by atoms with E-state index in [1.54, 1.807) is 30.1 Å². The van der Waals surface area contributed by atoms with Crippen LogP contribution in [0.1, 0.15) is 49.0 Å². The molecule has 3 heterocycles. The summed E-state index contributed by atoms with van der Waals surface area (Å²) in [5.74, 6) is 6.97. The van der Waals surface area contributed by atoms with Crippen LogP contribution in [0.2, 0.25) is 0 Å². The van der Waals surface area contributed by atoms with E-state index in [0.29, 0.717) is 24.4 Å². The summed E-state index contributed by atoms with van der Waals surface area (Å²) in [6, 6.07) is 6.93. The van der Waals surface area contributed by atoms with Gasteiger partial charge in [0.2, 0.25) is 0 Å². The molecule has 0 unspecified atom stereocenters. The van der Waals surface area contributed by atoms with Gasteiger partial charge in [0.05, 0.1) is 23.3 Å². The van der Waals surface area contributed by atoms with Gasteiger partial charge in [0.25, 0.3) is 5.91 Å². The monoisotopic (exact) mass is 474 g/mol. The highest BCUT2D eigenvalue weighted by Crippen LogP contribution is 2.66. The Morgan fingerprint density at radius 2 is 2.11 bits per heavy atom. The molecule has 2 saturated carbocycles. The molecule has 0 radical (unpaired) electrons. The number of rotatable bonds is 3. The van der Waals surface area contributed by atoms with Crippen molar-refractivity contribution >= 4 is 5.91 Å². The van der Waals surface area contributed by atoms with Crippen molar-refractivity contribution in [2.45, 2.75) is 67.7 Å². The second kappa shape index (κ2) is 7.28. The van der Waals surface area contributed by atoms with Crippen LogP contribution in [-0.2, 0) is 16.6 Å². The van der Waals surface area contributed by atoms with E-state index in [9.17, 15) is 15.0 Å².